The van der Waals surface area contributed by atoms with Gasteiger partial charge in [0.2, 0.25) is 0 Å². The summed E-state index contributed by atoms with van der Waals surface area (Å²) < 4.78 is 23.7. The van der Waals surface area contributed by atoms with Gasteiger partial charge in [0.1, 0.15) is 0 Å². The van der Waals surface area contributed by atoms with Gasteiger partial charge in [0.05, 0.1) is 13.2 Å². The molecule has 0 saturated carbocycles. The molecule has 136 valence electrons. The zero-order valence-corrected chi connectivity index (χ0v) is 16.4. The first-order valence-electron chi connectivity index (χ1n) is 9.31. The lowest BCUT2D eigenvalue weighted by molar-refractivity contribution is 0.229. The molecule has 3 nitrogen and oxygen atoms in total. The summed E-state index contributed by atoms with van der Waals surface area (Å²) >= 11 is 0. The molecule has 0 fully saturated rings. The molecule has 0 heterocycles. The Labute approximate surface area is 148 Å². The fourth-order valence-electron chi connectivity index (χ4n) is 2.69. The number of rotatable bonds is 13. The third kappa shape index (κ3) is 8.28. The van der Waals surface area contributed by atoms with Gasteiger partial charge in [-0.15, -0.1) is 0 Å². The highest BCUT2D eigenvalue weighted by Crippen LogP contribution is 2.52. The highest BCUT2D eigenvalue weighted by Gasteiger charge is 2.21. The maximum absolute atomic E-state index is 12.9. The average molecular weight is 352 g/mol. The zero-order valence-electron chi connectivity index (χ0n) is 15.5. The summed E-state index contributed by atoms with van der Waals surface area (Å²) in [5, 5.41) is 0. The summed E-state index contributed by atoms with van der Waals surface area (Å²) in [6, 6.07) is 10.1. The number of benzene rings is 1. The molecule has 24 heavy (non-hydrogen) atoms. The van der Waals surface area contributed by atoms with Crippen molar-refractivity contribution in [3.8, 4) is 0 Å². The first-order valence-corrected chi connectivity index (χ1v) is 10.9. The predicted octanol–water partition coefficient (Wildman–Crippen LogP) is 7.04. The molecule has 0 radical (unpaired) electrons. The maximum atomic E-state index is 12.9. The van der Waals surface area contributed by atoms with E-state index in [1.807, 2.05) is 32.0 Å². The van der Waals surface area contributed by atoms with Gasteiger partial charge in [0, 0.05) is 5.82 Å². The second-order valence-corrected chi connectivity index (χ2v) is 7.77. The lowest BCUT2D eigenvalue weighted by atomic mass is 10.0. The van der Waals surface area contributed by atoms with E-state index >= 15 is 0 Å². The van der Waals surface area contributed by atoms with Gasteiger partial charge in [-0.3, -0.25) is 4.57 Å². The van der Waals surface area contributed by atoms with E-state index in [0.29, 0.717) is 13.2 Å². The fourth-order valence-corrected chi connectivity index (χ4v) is 4.30. The standard InChI is InChI=1S/C20H33O3P/c1-4-7-8-9-10-12-17-20(19-15-13-11-14-16-19)18-24(21,22-5-2)23-6-3/h11,13-16,18H,4-10,12,17H2,1-3H3/b20-18-. The third-order valence-corrected chi connectivity index (χ3v) is 5.74. The van der Waals surface area contributed by atoms with Crippen molar-refractivity contribution in [3.05, 3.63) is 41.7 Å². The van der Waals surface area contributed by atoms with Crippen molar-refractivity contribution < 1.29 is 13.6 Å². The smallest absolute Gasteiger partial charge is 0.306 e. The minimum absolute atomic E-state index is 0.382. The molecular formula is C20H33O3P. The molecule has 1 rings (SSSR count). The summed E-state index contributed by atoms with van der Waals surface area (Å²) in [6.07, 6.45) is 8.36. The first-order chi connectivity index (χ1) is 11.6. The van der Waals surface area contributed by atoms with Crippen molar-refractivity contribution in [2.75, 3.05) is 13.2 Å². The molecule has 0 aliphatic rings. The van der Waals surface area contributed by atoms with Crippen LogP contribution in [-0.2, 0) is 13.6 Å². The fraction of sp³-hybridized carbons (Fsp3) is 0.600. The van der Waals surface area contributed by atoms with E-state index in [-0.39, 0.29) is 0 Å². The minimum atomic E-state index is -3.17. The summed E-state index contributed by atoms with van der Waals surface area (Å²) in [6.45, 7) is 6.68. The van der Waals surface area contributed by atoms with Crippen LogP contribution in [0.25, 0.3) is 5.57 Å². The molecule has 1 aromatic rings. The summed E-state index contributed by atoms with van der Waals surface area (Å²) in [7, 11) is -3.17. The van der Waals surface area contributed by atoms with E-state index in [1.165, 1.54) is 32.1 Å². The highest BCUT2D eigenvalue weighted by atomic mass is 31.2. The van der Waals surface area contributed by atoms with Crippen LogP contribution in [0.5, 0.6) is 0 Å². The Balaban J connectivity index is 2.81. The Morgan fingerprint density at radius 1 is 0.917 bits per heavy atom. The Bertz CT molecular complexity index is 501. The Morgan fingerprint density at radius 2 is 1.50 bits per heavy atom. The molecule has 0 aromatic heterocycles. The third-order valence-electron chi connectivity index (χ3n) is 3.88. The van der Waals surface area contributed by atoms with Crippen LogP contribution in [0.15, 0.2) is 36.1 Å². The van der Waals surface area contributed by atoms with Crippen LogP contribution in [0.3, 0.4) is 0 Å². The normalized spacial score (nSPS) is 12.5. The van der Waals surface area contributed by atoms with Crippen LogP contribution in [0.1, 0.15) is 71.3 Å². The molecule has 0 aliphatic heterocycles. The highest BCUT2D eigenvalue weighted by molar-refractivity contribution is 7.57. The molecule has 0 saturated heterocycles. The van der Waals surface area contributed by atoms with Crippen LogP contribution in [0.2, 0.25) is 0 Å². The molecular weight excluding hydrogens is 319 g/mol. The van der Waals surface area contributed by atoms with Crippen molar-refractivity contribution >= 4 is 13.2 Å². The number of hydrogen-bond acceptors (Lipinski definition) is 3. The quantitative estimate of drug-likeness (QED) is 0.282. The number of allylic oxidation sites excluding steroid dienone is 1. The Morgan fingerprint density at radius 3 is 2.08 bits per heavy atom. The van der Waals surface area contributed by atoms with Gasteiger partial charge in [0.25, 0.3) is 0 Å². The largest absolute Gasteiger partial charge is 0.354 e. The van der Waals surface area contributed by atoms with E-state index in [1.54, 1.807) is 5.82 Å². The van der Waals surface area contributed by atoms with E-state index < -0.39 is 7.60 Å². The van der Waals surface area contributed by atoms with Gasteiger partial charge in [-0.1, -0.05) is 69.4 Å². The monoisotopic (exact) mass is 352 g/mol. The van der Waals surface area contributed by atoms with Crippen LogP contribution < -0.4 is 0 Å². The lowest BCUT2D eigenvalue weighted by Crippen LogP contribution is -1.95. The van der Waals surface area contributed by atoms with E-state index in [4.69, 9.17) is 9.05 Å². The van der Waals surface area contributed by atoms with Crippen LogP contribution in [-0.4, -0.2) is 13.2 Å². The van der Waals surface area contributed by atoms with Crippen molar-refractivity contribution in [1.82, 2.24) is 0 Å². The second kappa shape index (κ2) is 12.5. The molecule has 0 atom stereocenters. The zero-order chi connectivity index (χ0) is 17.7. The van der Waals surface area contributed by atoms with Gasteiger partial charge in [-0.25, -0.2) is 0 Å². The van der Waals surface area contributed by atoms with Crippen molar-refractivity contribution in [3.63, 3.8) is 0 Å². The second-order valence-electron chi connectivity index (χ2n) is 5.91. The van der Waals surface area contributed by atoms with Gasteiger partial charge < -0.3 is 9.05 Å². The van der Waals surface area contributed by atoms with Gasteiger partial charge in [-0.2, -0.15) is 0 Å². The summed E-state index contributed by atoms with van der Waals surface area (Å²) in [5.74, 6) is 1.74. The average Bonchev–Trinajstić information content (AvgIpc) is 2.58. The molecule has 0 amide bonds. The first kappa shape index (κ1) is 21.2. The van der Waals surface area contributed by atoms with E-state index in [2.05, 4.69) is 19.1 Å². The van der Waals surface area contributed by atoms with Crippen molar-refractivity contribution in [2.24, 2.45) is 0 Å². The molecule has 0 unspecified atom stereocenters. The van der Waals surface area contributed by atoms with Crippen molar-refractivity contribution in [1.29, 1.82) is 0 Å². The van der Waals surface area contributed by atoms with E-state index in [0.717, 1.165) is 24.0 Å². The predicted molar refractivity (Wildman–Crippen MR) is 103 cm³/mol. The number of unbranched alkanes of at least 4 members (excludes halogenated alkanes) is 5. The SMILES string of the molecule is CCCCCCCC/C(=C/P(=O)(OCC)OCC)c1ccccc1. The minimum Gasteiger partial charge on any atom is -0.306 e. The molecule has 0 bridgehead atoms. The van der Waals surface area contributed by atoms with E-state index in [9.17, 15) is 4.57 Å². The lowest BCUT2D eigenvalue weighted by Gasteiger charge is -2.16. The van der Waals surface area contributed by atoms with Crippen molar-refractivity contribution in [2.45, 2.75) is 65.7 Å². The van der Waals surface area contributed by atoms with Crippen LogP contribution >= 0.6 is 7.60 Å². The van der Waals surface area contributed by atoms with Crippen LogP contribution in [0, 0.1) is 0 Å². The van der Waals surface area contributed by atoms with Crippen LogP contribution in [0.4, 0.5) is 0 Å². The molecule has 0 spiro atoms. The van der Waals surface area contributed by atoms with Gasteiger partial charge >= 0.3 is 7.60 Å². The summed E-state index contributed by atoms with van der Waals surface area (Å²) in [4.78, 5) is 0. The maximum Gasteiger partial charge on any atom is 0.354 e. The Kier molecular flexibility index (Phi) is 11.0. The number of hydrogen-bond donors (Lipinski definition) is 0. The molecule has 0 aliphatic carbocycles. The summed E-state index contributed by atoms with van der Waals surface area (Å²) in [5.41, 5.74) is 2.17. The molecule has 4 heteroatoms. The van der Waals surface area contributed by atoms with Gasteiger partial charge in [0.15, 0.2) is 0 Å². The molecule has 1 aromatic carbocycles. The van der Waals surface area contributed by atoms with Gasteiger partial charge in [-0.05, 0) is 37.8 Å². The Hall–Kier alpha value is -0.890. The topological polar surface area (TPSA) is 35.5 Å². The molecule has 0 N–H and O–H groups in total.